The molecule has 1 amide bonds. The number of nitrogens with zero attached hydrogens (tertiary/aromatic N) is 1. The lowest BCUT2D eigenvalue weighted by atomic mass is 9.98. The minimum absolute atomic E-state index is 0.150. The highest BCUT2D eigenvalue weighted by Crippen LogP contribution is 2.42. The molecule has 2 aromatic rings. The number of hydrogen-bond donors (Lipinski definition) is 0. The van der Waals surface area contributed by atoms with Crippen LogP contribution in [0.2, 0.25) is 0 Å². The summed E-state index contributed by atoms with van der Waals surface area (Å²) in [5.41, 5.74) is 1.23. The minimum Gasteiger partial charge on any atom is -0.444 e. The van der Waals surface area contributed by atoms with E-state index in [1.807, 2.05) is 57.2 Å². The van der Waals surface area contributed by atoms with E-state index >= 15 is 0 Å². The fraction of sp³-hybridized carbons (Fsp3) is 0.480. The summed E-state index contributed by atoms with van der Waals surface area (Å²) >= 11 is 0. The van der Waals surface area contributed by atoms with Gasteiger partial charge in [0.15, 0.2) is 0 Å². The van der Waals surface area contributed by atoms with E-state index in [9.17, 15) is 9.18 Å². The predicted molar refractivity (Wildman–Crippen MR) is 115 cm³/mol. The van der Waals surface area contributed by atoms with Gasteiger partial charge in [0.2, 0.25) is 0 Å². The summed E-state index contributed by atoms with van der Waals surface area (Å²) in [5.74, 6) is -0.164. The van der Waals surface area contributed by atoms with Gasteiger partial charge in [-0.2, -0.15) is 0 Å². The van der Waals surface area contributed by atoms with Gasteiger partial charge in [0.05, 0.1) is 24.8 Å². The first-order chi connectivity index (χ1) is 14.2. The van der Waals surface area contributed by atoms with Gasteiger partial charge in [-0.1, -0.05) is 56.3 Å². The third kappa shape index (κ3) is 5.39. The Morgan fingerprint density at radius 3 is 2.43 bits per heavy atom. The van der Waals surface area contributed by atoms with Crippen molar-refractivity contribution in [3.8, 4) is 0 Å². The van der Waals surface area contributed by atoms with Gasteiger partial charge in [-0.15, -0.1) is 0 Å². The van der Waals surface area contributed by atoms with Crippen LogP contribution in [0.3, 0.4) is 0 Å². The molecule has 1 aliphatic heterocycles. The van der Waals surface area contributed by atoms with E-state index in [1.54, 1.807) is 11.0 Å². The molecule has 2 aromatic carbocycles. The zero-order valence-electron chi connectivity index (χ0n) is 18.5. The average Bonchev–Trinajstić information content (AvgIpc) is 3.06. The Kier molecular flexibility index (Phi) is 6.81. The van der Waals surface area contributed by atoms with Crippen LogP contribution in [0.1, 0.15) is 58.2 Å². The lowest BCUT2D eigenvalue weighted by Gasteiger charge is -2.35. The SMILES string of the molecule is CC(C)[C@H]1[C@@H](OCc2ccccc2)C[C@@H](c2cccc(F)c2)N1C(=O)OC(C)(C)C. The maximum atomic E-state index is 14.0. The van der Waals surface area contributed by atoms with E-state index in [0.717, 1.165) is 11.1 Å². The second-order valence-electron chi connectivity index (χ2n) is 9.26. The van der Waals surface area contributed by atoms with Crippen LogP contribution >= 0.6 is 0 Å². The van der Waals surface area contributed by atoms with Crippen molar-refractivity contribution in [1.82, 2.24) is 4.90 Å². The first-order valence-corrected chi connectivity index (χ1v) is 10.6. The summed E-state index contributed by atoms with van der Waals surface area (Å²) in [6, 6.07) is 16.0. The van der Waals surface area contributed by atoms with Gasteiger partial charge in [0.25, 0.3) is 0 Å². The van der Waals surface area contributed by atoms with Crippen molar-refractivity contribution in [1.29, 1.82) is 0 Å². The Morgan fingerprint density at radius 2 is 1.83 bits per heavy atom. The van der Waals surface area contributed by atoms with E-state index in [2.05, 4.69) is 13.8 Å². The minimum atomic E-state index is -0.617. The first-order valence-electron chi connectivity index (χ1n) is 10.6. The van der Waals surface area contributed by atoms with Gasteiger partial charge in [-0.25, -0.2) is 9.18 Å². The van der Waals surface area contributed by atoms with Crippen molar-refractivity contribution < 1.29 is 18.7 Å². The van der Waals surface area contributed by atoms with Gasteiger partial charge < -0.3 is 9.47 Å². The molecular weight excluding hydrogens is 381 g/mol. The molecule has 4 nitrogen and oxygen atoms in total. The number of benzene rings is 2. The lowest BCUT2D eigenvalue weighted by Crippen LogP contribution is -2.46. The molecule has 1 aliphatic rings. The maximum absolute atomic E-state index is 14.0. The van der Waals surface area contributed by atoms with E-state index < -0.39 is 5.60 Å². The van der Waals surface area contributed by atoms with Gasteiger partial charge >= 0.3 is 6.09 Å². The monoisotopic (exact) mass is 413 g/mol. The smallest absolute Gasteiger partial charge is 0.411 e. The third-order valence-electron chi connectivity index (χ3n) is 5.32. The van der Waals surface area contributed by atoms with Crippen molar-refractivity contribution in [2.45, 2.75) is 71.4 Å². The summed E-state index contributed by atoms with van der Waals surface area (Å²) in [4.78, 5) is 15.0. The number of ether oxygens (including phenoxy) is 2. The van der Waals surface area contributed by atoms with Crippen molar-refractivity contribution >= 4 is 6.09 Å². The van der Waals surface area contributed by atoms with Crippen LogP contribution in [0, 0.1) is 11.7 Å². The molecule has 0 saturated carbocycles. The van der Waals surface area contributed by atoms with Gasteiger partial charge in [0, 0.05) is 6.42 Å². The second-order valence-corrected chi connectivity index (χ2v) is 9.26. The Labute approximate surface area is 179 Å². The van der Waals surface area contributed by atoms with Crippen molar-refractivity contribution in [2.24, 2.45) is 5.92 Å². The number of carbonyl (C=O) groups excluding carboxylic acids is 1. The molecule has 162 valence electrons. The molecule has 3 atom stereocenters. The van der Waals surface area contributed by atoms with E-state index in [4.69, 9.17) is 9.47 Å². The molecule has 3 rings (SSSR count). The molecule has 0 bridgehead atoms. The van der Waals surface area contributed by atoms with Crippen LogP contribution in [0.15, 0.2) is 54.6 Å². The van der Waals surface area contributed by atoms with Gasteiger partial charge in [0.1, 0.15) is 11.4 Å². The Morgan fingerprint density at radius 1 is 1.13 bits per heavy atom. The van der Waals surface area contributed by atoms with Crippen molar-refractivity contribution in [3.63, 3.8) is 0 Å². The van der Waals surface area contributed by atoms with Crippen LogP contribution in [0.25, 0.3) is 0 Å². The van der Waals surface area contributed by atoms with Gasteiger partial charge in [-0.05, 0) is 49.9 Å². The highest BCUT2D eigenvalue weighted by molar-refractivity contribution is 5.70. The quantitative estimate of drug-likeness (QED) is 0.593. The number of halogens is 1. The van der Waals surface area contributed by atoms with Crippen LogP contribution in [-0.4, -0.2) is 28.7 Å². The molecule has 0 N–H and O–H groups in total. The maximum Gasteiger partial charge on any atom is 0.411 e. The topological polar surface area (TPSA) is 38.8 Å². The van der Waals surface area contributed by atoms with Crippen LogP contribution in [0.5, 0.6) is 0 Å². The Bertz CT molecular complexity index is 847. The molecular formula is C25H32FNO3. The van der Waals surface area contributed by atoms with Crippen LogP contribution < -0.4 is 0 Å². The summed E-state index contributed by atoms with van der Waals surface area (Å²) < 4.78 is 26.0. The summed E-state index contributed by atoms with van der Waals surface area (Å²) in [6.07, 6.45) is 0.0329. The normalized spacial score (nSPS) is 21.8. The first kappa shape index (κ1) is 22.3. The fourth-order valence-electron chi connectivity index (χ4n) is 4.13. The molecule has 0 spiro atoms. The van der Waals surface area contributed by atoms with Crippen LogP contribution in [-0.2, 0) is 16.1 Å². The largest absolute Gasteiger partial charge is 0.444 e. The van der Waals surface area contributed by atoms with Crippen LogP contribution in [0.4, 0.5) is 9.18 Å². The predicted octanol–water partition coefficient (Wildman–Crippen LogP) is 6.12. The molecule has 0 unspecified atom stereocenters. The summed E-state index contributed by atoms with van der Waals surface area (Å²) in [6.45, 7) is 10.2. The molecule has 30 heavy (non-hydrogen) atoms. The van der Waals surface area contributed by atoms with Gasteiger partial charge in [-0.3, -0.25) is 4.90 Å². The molecule has 0 radical (unpaired) electrons. The lowest BCUT2D eigenvalue weighted by molar-refractivity contribution is -0.0180. The second kappa shape index (κ2) is 9.17. The average molecular weight is 414 g/mol. The molecule has 1 fully saturated rings. The number of rotatable bonds is 5. The molecule has 0 aromatic heterocycles. The fourth-order valence-corrected chi connectivity index (χ4v) is 4.13. The number of carbonyl (C=O) groups is 1. The molecule has 5 heteroatoms. The number of amides is 1. The van der Waals surface area contributed by atoms with E-state index in [0.29, 0.717) is 13.0 Å². The standard InChI is InChI=1S/C25H32FNO3/c1-17(2)23-22(29-16-18-10-7-6-8-11-18)15-21(19-12-9-13-20(26)14-19)27(23)24(28)30-25(3,4)5/h6-14,17,21-23H,15-16H2,1-5H3/t21-,22-,23-/m0/s1. The summed E-state index contributed by atoms with van der Waals surface area (Å²) in [5, 5.41) is 0. The van der Waals surface area contributed by atoms with E-state index in [-0.39, 0.29) is 36.0 Å². The number of hydrogen-bond acceptors (Lipinski definition) is 3. The molecule has 0 aliphatic carbocycles. The molecule has 1 heterocycles. The zero-order chi connectivity index (χ0) is 21.9. The highest BCUT2D eigenvalue weighted by atomic mass is 19.1. The Hall–Kier alpha value is -2.40. The van der Waals surface area contributed by atoms with Crippen molar-refractivity contribution in [2.75, 3.05) is 0 Å². The highest BCUT2D eigenvalue weighted by Gasteiger charge is 2.48. The van der Waals surface area contributed by atoms with E-state index in [1.165, 1.54) is 12.1 Å². The molecule has 1 saturated heterocycles. The van der Waals surface area contributed by atoms with Crippen molar-refractivity contribution in [3.05, 3.63) is 71.5 Å². The summed E-state index contributed by atoms with van der Waals surface area (Å²) in [7, 11) is 0. The Balaban J connectivity index is 1.91. The number of likely N-dealkylation sites (tertiary alicyclic amines) is 1. The third-order valence-corrected chi connectivity index (χ3v) is 5.32. The zero-order valence-corrected chi connectivity index (χ0v) is 18.5.